The fraction of sp³-hybridized carbons (Fsp3) is 0.462. The van der Waals surface area contributed by atoms with Crippen LogP contribution < -0.4 is 10.6 Å². The second-order valence-corrected chi connectivity index (χ2v) is 8.87. The van der Waals surface area contributed by atoms with Gasteiger partial charge >= 0.3 is 0 Å². The first-order valence-corrected chi connectivity index (χ1v) is 11.4. The van der Waals surface area contributed by atoms with E-state index in [4.69, 9.17) is 0 Å². The fourth-order valence-corrected chi connectivity index (χ4v) is 3.86. The van der Waals surface area contributed by atoms with Gasteiger partial charge in [-0.25, -0.2) is 0 Å². The van der Waals surface area contributed by atoms with Crippen LogP contribution in [0.1, 0.15) is 40.0 Å². The van der Waals surface area contributed by atoms with Gasteiger partial charge in [-0.05, 0) is 50.4 Å². The van der Waals surface area contributed by atoms with E-state index >= 15 is 0 Å². The monoisotopic (exact) mass is 421 g/mol. The highest BCUT2D eigenvalue weighted by molar-refractivity contribution is 5.95. The summed E-state index contributed by atoms with van der Waals surface area (Å²) in [6, 6.07) is 18.2. The van der Waals surface area contributed by atoms with Crippen molar-refractivity contribution in [2.45, 2.75) is 46.1 Å². The van der Waals surface area contributed by atoms with Crippen LogP contribution >= 0.6 is 0 Å². The van der Waals surface area contributed by atoms with E-state index in [0.29, 0.717) is 12.3 Å². The highest BCUT2D eigenvalue weighted by Gasteiger charge is 2.26. The number of anilines is 1. The molecule has 1 unspecified atom stereocenters. The molecule has 0 aliphatic carbocycles. The van der Waals surface area contributed by atoms with Gasteiger partial charge in [0, 0.05) is 36.2 Å². The molecule has 0 radical (unpaired) electrons. The van der Waals surface area contributed by atoms with Crippen molar-refractivity contribution in [2.75, 3.05) is 25.0 Å². The molecule has 1 saturated heterocycles. The molecule has 166 valence electrons. The Balaban J connectivity index is 1.45. The van der Waals surface area contributed by atoms with E-state index in [1.165, 1.54) is 0 Å². The van der Waals surface area contributed by atoms with E-state index in [2.05, 4.69) is 36.3 Å². The molecule has 5 nitrogen and oxygen atoms in total. The lowest BCUT2D eigenvalue weighted by atomic mass is 9.94. The molecule has 1 atom stereocenters. The highest BCUT2D eigenvalue weighted by atomic mass is 16.2. The van der Waals surface area contributed by atoms with Crippen molar-refractivity contribution in [3.63, 3.8) is 0 Å². The molecule has 1 heterocycles. The summed E-state index contributed by atoms with van der Waals surface area (Å²) in [7, 11) is 0. The number of rotatable bonds is 8. The van der Waals surface area contributed by atoms with Gasteiger partial charge in [-0.3, -0.25) is 9.59 Å². The third-order valence-corrected chi connectivity index (χ3v) is 6.27. The lowest BCUT2D eigenvalue weighted by Gasteiger charge is -2.32. The summed E-state index contributed by atoms with van der Waals surface area (Å²) in [5.74, 6) is 0.726. The molecule has 31 heavy (non-hydrogen) atoms. The predicted molar refractivity (Wildman–Crippen MR) is 127 cm³/mol. The normalized spacial score (nSPS) is 16.1. The lowest BCUT2D eigenvalue weighted by molar-refractivity contribution is -0.127. The standard InChI is InChI=1S/C26H35N3O2/c1-19(2)20(3)27-26(31)22-13-16-29(17-14-22)18-15-25(30)28-24-12-8-7-11-23(24)21-9-5-4-6-10-21/h4-12,19-20,22H,13-18H2,1-3H3,(H,27,31)(H,28,30). The van der Waals surface area contributed by atoms with Crippen LogP contribution in [0.4, 0.5) is 5.69 Å². The molecular weight excluding hydrogens is 386 g/mol. The van der Waals surface area contributed by atoms with Crippen molar-refractivity contribution in [3.05, 3.63) is 54.6 Å². The van der Waals surface area contributed by atoms with Gasteiger partial charge in [-0.1, -0.05) is 62.4 Å². The largest absolute Gasteiger partial charge is 0.353 e. The van der Waals surface area contributed by atoms with Crippen molar-refractivity contribution in [1.82, 2.24) is 10.2 Å². The summed E-state index contributed by atoms with van der Waals surface area (Å²) in [4.78, 5) is 27.3. The number of piperidine rings is 1. The minimum Gasteiger partial charge on any atom is -0.353 e. The van der Waals surface area contributed by atoms with Crippen molar-refractivity contribution in [2.24, 2.45) is 11.8 Å². The van der Waals surface area contributed by atoms with Gasteiger partial charge in [0.05, 0.1) is 0 Å². The van der Waals surface area contributed by atoms with Gasteiger partial charge in [-0.2, -0.15) is 0 Å². The number of benzene rings is 2. The van der Waals surface area contributed by atoms with Gasteiger partial charge in [-0.15, -0.1) is 0 Å². The number of hydrogen-bond donors (Lipinski definition) is 2. The zero-order chi connectivity index (χ0) is 22.2. The molecule has 1 aliphatic heterocycles. The van der Waals surface area contributed by atoms with Crippen LogP contribution in [0.15, 0.2) is 54.6 Å². The van der Waals surface area contributed by atoms with Crippen molar-refractivity contribution in [3.8, 4) is 11.1 Å². The number of nitrogens with one attached hydrogen (secondary N) is 2. The summed E-state index contributed by atoms with van der Waals surface area (Å²) in [6.45, 7) is 8.75. The number of hydrogen-bond acceptors (Lipinski definition) is 3. The fourth-order valence-electron chi connectivity index (χ4n) is 3.86. The summed E-state index contributed by atoms with van der Waals surface area (Å²) in [5.41, 5.74) is 2.96. The molecule has 0 bridgehead atoms. The van der Waals surface area contributed by atoms with E-state index < -0.39 is 0 Å². The molecule has 2 N–H and O–H groups in total. The zero-order valence-electron chi connectivity index (χ0n) is 18.9. The first-order valence-electron chi connectivity index (χ1n) is 11.4. The maximum Gasteiger partial charge on any atom is 0.225 e. The minimum absolute atomic E-state index is 0.0222. The molecule has 3 rings (SSSR count). The SMILES string of the molecule is CC(C)C(C)NC(=O)C1CCN(CCC(=O)Nc2ccccc2-c2ccccc2)CC1. The van der Waals surface area contributed by atoms with Crippen molar-refractivity contribution in [1.29, 1.82) is 0 Å². The van der Waals surface area contributed by atoms with E-state index in [9.17, 15) is 9.59 Å². The van der Waals surface area contributed by atoms with Crippen molar-refractivity contribution < 1.29 is 9.59 Å². The number of para-hydroxylation sites is 1. The van der Waals surface area contributed by atoms with Gasteiger partial charge in [0.25, 0.3) is 0 Å². The van der Waals surface area contributed by atoms with Gasteiger partial charge < -0.3 is 15.5 Å². The Bertz CT molecular complexity index is 858. The van der Waals surface area contributed by atoms with Crippen LogP contribution in [0.5, 0.6) is 0 Å². The quantitative estimate of drug-likeness (QED) is 0.657. The van der Waals surface area contributed by atoms with Gasteiger partial charge in [0.15, 0.2) is 0 Å². The Morgan fingerprint density at radius 1 is 0.968 bits per heavy atom. The molecule has 1 aliphatic rings. The van der Waals surface area contributed by atoms with Crippen molar-refractivity contribution >= 4 is 17.5 Å². The Kier molecular flexibility index (Phi) is 8.24. The van der Waals surface area contributed by atoms with E-state index in [1.807, 2.05) is 54.6 Å². The molecule has 2 aromatic carbocycles. The Morgan fingerprint density at radius 3 is 2.29 bits per heavy atom. The maximum absolute atomic E-state index is 12.6. The Hall–Kier alpha value is -2.66. The van der Waals surface area contributed by atoms with Crippen LogP contribution in [-0.2, 0) is 9.59 Å². The lowest BCUT2D eigenvalue weighted by Crippen LogP contribution is -2.44. The topological polar surface area (TPSA) is 61.4 Å². The average Bonchev–Trinajstić information content (AvgIpc) is 2.79. The summed E-state index contributed by atoms with van der Waals surface area (Å²) < 4.78 is 0. The Labute approximate surface area is 186 Å². The molecular formula is C26H35N3O2. The third kappa shape index (κ3) is 6.66. The zero-order valence-corrected chi connectivity index (χ0v) is 18.9. The minimum atomic E-state index is 0.0222. The van der Waals surface area contributed by atoms with Crippen LogP contribution in [0.3, 0.4) is 0 Å². The second kappa shape index (κ2) is 11.1. The third-order valence-electron chi connectivity index (χ3n) is 6.27. The molecule has 2 amide bonds. The highest BCUT2D eigenvalue weighted by Crippen LogP contribution is 2.27. The molecule has 1 fully saturated rings. The van der Waals surface area contributed by atoms with Crippen LogP contribution in [0.25, 0.3) is 11.1 Å². The van der Waals surface area contributed by atoms with Crippen LogP contribution in [0, 0.1) is 11.8 Å². The summed E-state index contributed by atoms with van der Waals surface area (Å²) >= 11 is 0. The van der Waals surface area contributed by atoms with E-state index in [1.54, 1.807) is 0 Å². The maximum atomic E-state index is 12.6. The molecule has 2 aromatic rings. The van der Waals surface area contributed by atoms with Gasteiger partial charge in [0.1, 0.15) is 0 Å². The first kappa shape index (κ1) is 23.0. The molecule has 5 heteroatoms. The number of carbonyl (C=O) groups is 2. The predicted octanol–water partition coefficient (Wildman–Crippen LogP) is 4.55. The number of amides is 2. The molecule has 0 aromatic heterocycles. The second-order valence-electron chi connectivity index (χ2n) is 8.87. The Morgan fingerprint density at radius 2 is 1.61 bits per heavy atom. The number of carbonyl (C=O) groups excluding carboxylic acids is 2. The van der Waals surface area contributed by atoms with E-state index in [-0.39, 0.29) is 23.8 Å². The summed E-state index contributed by atoms with van der Waals surface area (Å²) in [5, 5.41) is 6.22. The van der Waals surface area contributed by atoms with Gasteiger partial charge in [0.2, 0.25) is 11.8 Å². The van der Waals surface area contributed by atoms with Crippen LogP contribution in [0.2, 0.25) is 0 Å². The molecule has 0 spiro atoms. The molecule has 0 saturated carbocycles. The smallest absolute Gasteiger partial charge is 0.225 e. The average molecular weight is 422 g/mol. The summed E-state index contributed by atoms with van der Waals surface area (Å²) in [6.07, 6.45) is 2.16. The number of nitrogens with zero attached hydrogens (tertiary/aromatic N) is 1. The number of likely N-dealkylation sites (tertiary alicyclic amines) is 1. The first-order chi connectivity index (χ1) is 14.9. The van der Waals surface area contributed by atoms with E-state index in [0.717, 1.165) is 49.3 Å². The van der Waals surface area contributed by atoms with Crippen LogP contribution in [-0.4, -0.2) is 42.4 Å².